The fraction of sp³-hybridized carbons (Fsp3) is 0.474. The van der Waals surface area contributed by atoms with Crippen LogP contribution in [0.3, 0.4) is 0 Å². The Kier molecular flexibility index (Phi) is 5.00. The van der Waals surface area contributed by atoms with E-state index < -0.39 is 0 Å². The van der Waals surface area contributed by atoms with Gasteiger partial charge in [-0.05, 0) is 63.5 Å². The van der Waals surface area contributed by atoms with Crippen LogP contribution in [0.2, 0.25) is 0 Å². The molecule has 1 N–H and O–H groups in total. The second kappa shape index (κ2) is 7.18. The summed E-state index contributed by atoms with van der Waals surface area (Å²) in [5, 5.41) is 7.69. The van der Waals surface area contributed by atoms with Gasteiger partial charge in [0.05, 0.1) is 12.2 Å². The van der Waals surface area contributed by atoms with Crippen LogP contribution in [-0.2, 0) is 6.54 Å². The standard InChI is InChI=1S/C19H26N4O/c1-14-10-15(2)23(21-14)13-16-4-6-18(7-5-16)19(24)22-9-8-17(12-22)11-20-3/h4-7,10,17,20H,8-9,11-13H2,1-3H3. The highest BCUT2D eigenvalue weighted by Gasteiger charge is 2.26. The number of nitrogens with zero attached hydrogens (tertiary/aromatic N) is 3. The molecule has 1 aromatic carbocycles. The maximum atomic E-state index is 12.6. The molecule has 24 heavy (non-hydrogen) atoms. The smallest absolute Gasteiger partial charge is 0.253 e. The second-order valence-corrected chi connectivity index (χ2v) is 6.75. The van der Waals surface area contributed by atoms with Crippen molar-refractivity contribution in [3.63, 3.8) is 0 Å². The van der Waals surface area contributed by atoms with Crippen LogP contribution in [0.5, 0.6) is 0 Å². The average Bonchev–Trinajstić information content (AvgIpc) is 3.15. The van der Waals surface area contributed by atoms with E-state index in [1.807, 2.05) is 47.8 Å². The third-order valence-corrected chi connectivity index (χ3v) is 4.70. The van der Waals surface area contributed by atoms with Crippen LogP contribution in [0.1, 0.15) is 33.7 Å². The van der Waals surface area contributed by atoms with Crippen molar-refractivity contribution in [2.24, 2.45) is 5.92 Å². The summed E-state index contributed by atoms with van der Waals surface area (Å²) in [6.45, 7) is 7.49. The third kappa shape index (κ3) is 3.67. The molecule has 1 atom stereocenters. The van der Waals surface area contributed by atoms with Crippen molar-refractivity contribution in [2.45, 2.75) is 26.8 Å². The number of hydrogen-bond donors (Lipinski definition) is 1. The zero-order valence-electron chi connectivity index (χ0n) is 14.7. The lowest BCUT2D eigenvalue weighted by Gasteiger charge is -2.17. The molecule has 0 aliphatic carbocycles. The predicted molar refractivity (Wildman–Crippen MR) is 95.2 cm³/mol. The van der Waals surface area contributed by atoms with Crippen molar-refractivity contribution in [2.75, 3.05) is 26.7 Å². The molecule has 5 nitrogen and oxygen atoms in total. The van der Waals surface area contributed by atoms with E-state index in [-0.39, 0.29) is 5.91 Å². The molecule has 1 aromatic heterocycles. The van der Waals surface area contributed by atoms with E-state index in [0.29, 0.717) is 5.92 Å². The highest BCUT2D eigenvalue weighted by atomic mass is 16.2. The summed E-state index contributed by atoms with van der Waals surface area (Å²) in [6, 6.07) is 10.0. The summed E-state index contributed by atoms with van der Waals surface area (Å²) in [4.78, 5) is 14.6. The van der Waals surface area contributed by atoms with Gasteiger partial charge in [0.25, 0.3) is 5.91 Å². The Labute approximate surface area is 143 Å². The Morgan fingerprint density at radius 2 is 2.04 bits per heavy atom. The van der Waals surface area contributed by atoms with Crippen molar-refractivity contribution in [1.82, 2.24) is 20.0 Å². The molecule has 1 fully saturated rings. The molecular formula is C19H26N4O. The van der Waals surface area contributed by atoms with Gasteiger partial charge >= 0.3 is 0 Å². The maximum absolute atomic E-state index is 12.6. The van der Waals surface area contributed by atoms with Gasteiger partial charge in [-0.15, -0.1) is 0 Å². The zero-order valence-corrected chi connectivity index (χ0v) is 14.7. The van der Waals surface area contributed by atoms with E-state index in [1.165, 1.54) is 0 Å². The Morgan fingerprint density at radius 3 is 2.67 bits per heavy atom. The number of aromatic nitrogens is 2. The van der Waals surface area contributed by atoms with Crippen molar-refractivity contribution in [3.05, 3.63) is 52.8 Å². The number of rotatable bonds is 5. The Hall–Kier alpha value is -2.14. The second-order valence-electron chi connectivity index (χ2n) is 6.75. The van der Waals surface area contributed by atoms with Crippen LogP contribution in [0.4, 0.5) is 0 Å². The molecule has 0 saturated carbocycles. The van der Waals surface area contributed by atoms with Gasteiger partial charge in [-0.3, -0.25) is 9.48 Å². The number of carbonyl (C=O) groups excluding carboxylic acids is 1. The zero-order chi connectivity index (χ0) is 17.1. The van der Waals surface area contributed by atoms with Gasteiger partial charge in [0.15, 0.2) is 0 Å². The van der Waals surface area contributed by atoms with Gasteiger partial charge < -0.3 is 10.2 Å². The van der Waals surface area contributed by atoms with Crippen LogP contribution in [0.25, 0.3) is 0 Å². The molecule has 1 saturated heterocycles. The quantitative estimate of drug-likeness (QED) is 0.917. The van der Waals surface area contributed by atoms with Crippen LogP contribution in [0.15, 0.2) is 30.3 Å². The highest BCUT2D eigenvalue weighted by Crippen LogP contribution is 2.18. The molecule has 0 bridgehead atoms. The lowest BCUT2D eigenvalue weighted by molar-refractivity contribution is 0.0787. The van der Waals surface area contributed by atoms with Crippen molar-refractivity contribution in [3.8, 4) is 0 Å². The first-order chi connectivity index (χ1) is 11.6. The minimum absolute atomic E-state index is 0.145. The van der Waals surface area contributed by atoms with Crippen LogP contribution >= 0.6 is 0 Å². The Balaban J connectivity index is 1.64. The number of aryl methyl sites for hydroxylation is 2. The summed E-state index contributed by atoms with van der Waals surface area (Å²) >= 11 is 0. The Morgan fingerprint density at radius 1 is 1.29 bits per heavy atom. The fourth-order valence-electron chi connectivity index (χ4n) is 3.42. The first-order valence-electron chi connectivity index (χ1n) is 8.60. The monoisotopic (exact) mass is 326 g/mol. The van der Waals surface area contributed by atoms with E-state index in [0.717, 1.165) is 55.1 Å². The lowest BCUT2D eigenvalue weighted by Crippen LogP contribution is -2.30. The van der Waals surface area contributed by atoms with Gasteiger partial charge in [-0.2, -0.15) is 5.10 Å². The molecule has 1 aliphatic rings. The summed E-state index contributed by atoms with van der Waals surface area (Å²) in [5.74, 6) is 0.718. The van der Waals surface area contributed by atoms with Gasteiger partial charge in [-0.1, -0.05) is 12.1 Å². The topological polar surface area (TPSA) is 50.2 Å². The summed E-state index contributed by atoms with van der Waals surface area (Å²) in [6.07, 6.45) is 1.09. The number of amides is 1. The Bertz CT molecular complexity index is 705. The number of hydrogen-bond acceptors (Lipinski definition) is 3. The van der Waals surface area contributed by atoms with Crippen LogP contribution in [0, 0.1) is 19.8 Å². The first-order valence-corrected chi connectivity index (χ1v) is 8.60. The van der Waals surface area contributed by atoms with Crippen LogP contribution in [-0.4, -0.2) is 47.3 Å². The predicted octanol–water partition coefficient (Wildman–Crippen LogP) is 2.23. The minimum Gasteiger partial charge on any atom is -0.338 e. The molecule has 1 aliphatic heterocycles. The van der Waals surface area contributed by atoms with E-state index in [9.17, 15) is 4.79 Å². The molecule has 3 rings (SSSR count). The SMILES string of the molecule is CNCC1CCN(C(=O)c2ccc(Cn3nc(C)cc3C)cc2)C1. The summed E-state index contributed by atoms with van der Waals surface area (Å²) in [7, 11) is 1.96. The molecule has 2 aromatic rings. The molecular weight excluding hydrogens is 300 g/mol. The van der Waals surface area contributed by atoms with Gasteiger partial charge in [0.2, 0.25) is 0 Å². The van der Waals surface area contributed by atoms with E-state index in [1.54, 1.807) is 0 Å². The molecule has 1 amide bonds. The molecule has 5 heteroatoms. The molecule has 0 radical (unpaired) electrons. The van der Waals surface area contributed by atoms with Gasteiger partial charge in [0, 0.05) is 24.3 Å². The fourth-order valence-corrected chi connectivity index (χ4v) is 3.42. The van der Waals surface area contributed by atoms with E-state index in [4.69, 9.17) is 0 Å². The minimum atomic E-state index is 0.145. The molecule has 128 valence electrons. The number of nitrogens with one attached hydrogen (secondary N) is 1. The molecule has 2 heterocycles. The normalized spacial score (nSPS) is 17.5. The number of benzene rings is 1. The third-order valence-electron chi connectivity index (χ3n) is 4.70. The van der Waals surface area contributed by atoms with Crippen molar-refractivity contribution in [1.29, 1.82) is 0 Å². The molecule has 0 spiro atoms. The number of carbonyl (C=O) groups is 1. The largest absolute Gasteiger partial charge is 0.338 e. The highest BCUT2D eigenvalue weighted by molar-refractivity contribution is 5.94. The van der Waals surface area contributed by atoms with E-state index >= 15 is 0 Å². The number of likely N-dealkylation sites (tertiary alicyclic amines) is 1. The average molecular weight is 326 g/mol. The van der Waals surface area contributed by atoms with Gasteiger partial charge in [0.1, 0.15) is 0 Å². The summed E-state index contributed by atoms with van der Waals surface area (Å²) < 4.78 is 2.00. The van der Waals surface area contributed by atoms with E-state index in [2.05, 4.69) is 23.4 Å². The van der Waals surface area contributed by atoms with Crippen LogP contribution < -0.4 is 5.32 Å². The lowest BCUT2D eigenvalue weighted by atomic mass is 10.1. The van der Waals surface area contributed by atoms with Gasteiger partial charge in [-0.25, -0.2) is 0 Å². The van der Waals surface area contributed by atoms with Crippen molar-refractivity contribution >= 4 is 5.91 Å². The van der Waals surface area contributed by atoms with Crippen molar-refractivity contribution < 1.29 is 4.79 Å². The maximum Gasteiger partial charge on any atom is 0.253 e. The first kappa shape index (κ1) is 16.7. The summed E-state index contributed by atoms with van der Waals surface area (Å²) in [5.41, 5.74) is 4.12. The molecule has 1 unspecified atom stereocenters.